The molecule has 0 radical (unpaired) electrons. The molecule has 4 heteroatoms. The first-order valence-corrected chi connectivity index (χ1v) is 2.60. The van der Waals surface area contributed by atoms with Crippen molar-refractivity contribution in [1.82, 2.24) is 10.9 Å². The number of rotatable bonds is 3. The maximum absolute atomic E-state index is 7.96. The number of nitrogens with zero attached hydrogens (tertiary/aromatic N) is 1. The van der Waals surface area contributed by atoms with E-state index in [1.807, 2.05) is 0 Å². The number of hydrazone groups is 1. The van der Waals surface area contributed by atoms with Gasteiger partial charge >= 0.3 is 0 Å². The predicted octanol–water partition coefficient (Wildman–Crippen LogP) is -0.340. The zero-order valence-electron chi connectivity index (χ0n) is 4.46. The van der Waals surface area contributed by atoms with Crippen LogP contribution in [0.25, 0.3) is 0 Å². The summed E-state index contributed by atoms with van der Waals surface area (Å²) in [5.41, 5.74) is 4.60. The molecule has 4 nitrogen and oxygen atoms in total. The van der Waals surface area contributed by atoms with Crippen molar-refractivity contribution >= 4 is 6.34 Å². The van der Waals surface area contributed by atoms with Crippen LogP contribution in [0, 0.1) is 0 Å². The molecule has 1 saturated carbocycles. The number of hydroxylamine groups is 1. The summed E-state index contributed by atoms with van der Waals surface area (Å²) < 4.78 is 0. The van der Waals surface area contributed by atoms with Crippen LogP contribution in [0.4, 0.5) is 0 Å². The van der Waals surface area contributed by atoms with E-state index in [9.17, 15) is 0 Å². The van der Waals surface area contributed by atoms with Gasteiger partial charge in [-0.25, -0.2) is 0 Å². The maximum Gasteiger partial charge on any atom is 0.132 e. The lowest BCUT2D eigenvalue weighted by Gasteiger charge is -1.90. The molecule has 0 bridgehead atoms. The van der Waals surface area contributed by atoms with Gasteiger partial charge < -0.3 is 5.43 Å². The van der Waals surface area contributed by atoms with Crippen LogP contribution in [0.5, 0.6) is 0 Å². The van der Waals surface area contributed by atoms with E-state index in [1.165, 1.54) is 19.2 Å². The van der Waals surface area contributed by atoms with Crippen LogP contribution in [0.15, 0.2) is 5.10 Å². The van der Waals surface area contributed by atoms with Gasteiger partial charge in [0, 0.05) is 6.04 Å². The third-order valence-corrected chi connectivity index (χ3v) is 0.957. The topological polar surface area (TPSA) is 56.6 Å². The van der Waals surface area contributed by atoms with Crippen LogP contribution in [-0.4, -0.2) is 17.6 Å². The average Bonchev–Trinajstić information content (AvgIpc) is 2.51. The molecule has 0 aromatic rings. The molecule has 0 amide bonds. The molecular formula is C4H9N3O. The maximum atomic E-state index is 7.96. The molecule has 0 saturated heterocycles. The fraction of sp³-hybridized carbons (Fsp3) is 0.750. The molecule has 0 spiro atoms. The molecule has 0 aromatic carbocycles. The summed E-state index contributed by atoms with van der Waals surface area (Å²) in [5, 5.41) is 11.6. The lowest BCUT2D eigenvalue weighted by atomic mass is 10.8. The molecule has 1 aliphatic carbocycles. The molecule has 0 aliphatic heterocycles. The van der Waals surface area contributed by atoms with E-state index in [4.69, 9.17) is 5.21 Å². The smallest absolute Gasteiger partial charge is 0.132 e. The Morgan fingerprint density at radius 3 is 2.88 bits per heavy atom. The van der Waals surface area contributed by atoms with Crippen LogP contribution in [0.2, 0.25) is 0 Å². The fourth-order valence-electron chi connectivity index (χ4n) is 0.384. The Balaban J connectivity index is 1.93. The zero-order chi connectivity index (χ0) is 5.82. The molecule has 1 rings (SSSR count). The van der Waals surface area contributed by atoms with Gasteiger partial charge in [0.05, 0.1) is 0 Å². The van der Waals surface area contributed by atoms with Crippen molar-refractivity contribution in [1.29, 1.82) is 0 Å². The van der Waals surface area contributed by atoms with Gasteiger partial charge in [0.1, 0.15) is 6.34 Å². The Labute approximate surface area is 47.5 Å². The summed E-state index contributed by atoms with van der Waals surface area (Å²) in [6.45, 7) is 0. The highest BCUT2D eigenvalue weighted by atomic mass is 16.5. The Kier molecular flexibility index (Phi) is 1.69. The molecule has 0 heterocycles. The first kappa shape index (κ1) is 5.37. The lowest BCUT2D eigenvalue weighted by Crippen LogP contribution is -2.12. The number of hydrogen-bond donors (Lipinski definition) is 3. The van der Waals surface area contributed by atoms with Crippen molar-refractivity contribution in [3.63, 3.8) is 0 Å². The quantitative estimate of drug-likeness (QED) is 0.268. The van der Waals surface area contributed by atoms with Crippen molar-refractivity contribution in [2.45, 2.75) is 18.9 Å². The van der Waals surface area contributed by atoms with E-state index in [0.29, 0.717) is 6.04 Å². The third-order valence-electron chi connectivity index (χ3n) is 0.957. The van der Waals surface area contributed by atoms with Crippen molar-refractivity contribution < 1.29 is 5.21 Å². The average molecular weight is 115 g/mol. The van der Waals surface area contributed by atoms with E-state index in [1.54, 1.807) is 5.48 Å². The fourth-order valence-corrected chi connectivity index (χ4v) is 0.384. The van der Waals surface area contributed by atoms with Gasteiger partial charge in [-0.05, 0) is 12.8 Å². The lowest BCUT2D eigenvalue weighted by molar-refractivity contribution is 0.239. The summed E-state index contributed by atoms with van der Waals surface area (Å²) >= 11 is 0. The van der Waals surface area contributed by atoms with E-state index in [2.05, 4.69) is 10.5 Å². The van der Waals surface area contributed by atoms with Crippen LogP contribution in [0.3, 0.4) is 0 Å². The number of nitrogens with one attached hydrogen (secondary N) is 2. The van der Waals surface area contributed by atoms with Crippen LogP contribution in [0.1, 0.15) is 12.8 Å². The van der Waals surface area contributed by atoms with Crippen molar-refractivity contribution in [3.05, 3.63) is 0 Å². The summed E-state index contributed by atoms with van der Waals surface area (Å²) in [5.74, 6) is 0. The van der Waals surface area contributed by atoms with Gasteiger partial charge in [0.2, 0.25) is 0 Å². The first-order valence-electron chi connectivity index (χ1n) is 2.60. The van der Waals surface area contributed by atoms with Crippen LogP contribution >= 0.6 is 0 Å². The Morgan fingerprint density at radius 2 is 2.38 bits per heavy atom. The second-order valence-corrected chi connectivity index (χ2v) is 1.79. The third kappa shape index (κ3) is 1.79. The summed E-state index contributed by atoms with van der Waals surface area (Å²) in [6, 6.07) is 0.555. The van der Waals surface area contributed by atoms with Crippen molar-refractivity contribution in [3.8, 4) is 0 Å². The molecule has 0 aromatic heterocycles. The Morgan fingerprint density at radius 1 is 1.62 bits per heavy atom. The number of hydrogen-bond acceptors (Lipinski definition) is 3. The van der Waals surface area contributed by atoms with Gasteiger partial charge in [0.15, 0.2) is 0 Å². The summed E-state index contributed by atoms with van der Waals surface area (Å²) in [6.07, 6.45) is 3.60. The molecule has 3 N–H and O–H groups in total. The highest BCUT2D eigenvalue weighted by Crippen LogP contribution is 2.17. The first-order chi connectivity index (χ1) is 3.93. The molecule has 1 fully saturated rings. The van der Waals surface area contributed by atoms with Gasteiger partial charge in [-0.15, -0.1) is 0 Å². The monoisotopic (exact) mass is 115 g/mol. The van der Waals surface area contributed by atoms with E-state index >= 15 is 0 Å². The Bertz CT molecular complexity index is 89.3. The van der Waals surface area contributed by atoms with Gasteiger partial charge in [-0.2, -0.15) is 5.10 Å². The summed E-state index contributed by atoms with van der Waals surface area (Å²) in [7, 11) is 0. The van der Waals surface area contributed by atoms with Crippen molar-refractivity contribution in [2.24, 2.45) is 5.10 Å². The van der Waals surface area contributed by atoms with E-state index < -0.39 is 0 Å². The minimum absolute atomic E-state index is 0.555. The standard InChI is InChI=1S/C4H9N3O/c8-6-3-5-7-4-1-2-4/h3-4,7-8H,1-2H2,(H,5,6). The van der Waals surface area contributed by atoms with Crippen molar-refractivity contribution in [2.75, 3.05) is 0 Å². The molecule has 0 atom stereocenters. The Hall–Kier alpha value is -0.770. The molecule has 8 heavy (non-hydrogen) atoms. The minimum atomic E-state index is 0.555. The van der Waals surface area contributed by atoms with E-state index in [-0.39, 0.29) is 0 Å². The normalized spacial score (nSPS) is 19.1. The minimum Gasteiger partial charge on any atom is -0.306 e. The van der Waals surface area contributed by atoms with Crippen LogP contribution in [-0.2, 0) is 0 Å². The van der Waals surface area contributed by atoms with Gasteiger partial charge in [-0.3, -0.25) is 10.7 Å². The highest BCUT2D eigenvalue weighted by Gasteiger charge is 2.19. The summed E-state index contributed by atoms with van der Waals surface area (Å²) in [4.78, 5) is 0. The largest absolute Gasteiger partial charge is 0.306 e. The second kappa shape index (κ2) is 2.52. The zero-order valence-corrected chi connectivity index (χ0v) is 4.46. The molecule has 46 valence electrons. The predicted molar refractivity (Wildman–Crippen MR) is 29.6 cm³/mol. The van der Waals surface area contributed by atoms with Gasteiger partial charge in [0.25, 0.3) is 0 Å². The SMILES string of the molecule is ONC=NNC1CC1. The van der Waals surface area contributed by atoms with Crippen LogP contribution < -0.4 is 10.9 Å². The highest BCUT2D eigenvalue weighted by molar-refractivity contribution is 5.51. The molecule has 0 unspecified atom stereocenters. The second-order valence-electron chi connectivity index (χ2n) is 1.79. The van der Waals surface area contributed by atoms with E-state index in [0.717, 1.165) is 0 Å². The van der Waals surface area contributed by atoms with Gasteiger partial charge in [-0.1, -0.05) is 0 Å². The molecular weight excluding hydrogens is 106 g/mol. The molecule has 1 aliphatic rings.